The van der Waals surface area contributed by atoms with Crippen molar-refractivity contribution in [3.05, 3.63) is 0 Å². The van der Waals surface area contributed by atoms with Gasteiger partial charge in [-0.1, -0.05) is 6.42 Å². The van der Waals surface area contributed by atoms with Crippen molar-refractivity contribution in [2.75, 3.05) is 19.4 Å². The van der Waals surface area contributed by atoms with Crippen LogP contribution in [0.25, 0.3) is 0 Å². The molecule has 0 unspecified atom stereocenters. The third-order valence-electron chi connectivity index (χ3n) is 2.21. The Balaban J connectivity index is 2.72. The van der Waals surface area contributed by atoms with Gasteiger partial charge in [-0.25, -0.2) is 8.42 Å². The van der Waals surface area contributed by atoms with Gasteiger partial charge in [0, 0.05) is 12.6 Å². The second-order valence-corrected chi connectivity index (χ2v) is 5.14. The van der Waals surface area contributed by atoms with E-state index in [9.17, 15) is 8.42 Å². The molecular formula is C7H15NO3S. The lowest BCUT2D eigenvalue weighted by molar-refractivity contribution is 0.156. The molecule has 1 aliphatic heterocycles. The van der Waals surface area contributed by atoms with Crippen molar-refractivity contribution in [3.63, 3.8) is 0 Å². The lowest BCUT2D eigenvalue weighted by atomic mass is 10.1. The maximum Gasteiger partial charge on any atom is 0.211 e. The number of hydrogen-bond acceptors (Lipinski definition) is 3. The Bertz CT molecular complexity index is 237. The van der Waals surface area contributed by atoms with Gasteiger partial charge in [0.1, 0.15) is 0 Å². The molecule has 1 N–H and O–H groups in total. The van der Waals surface area contributed by atoms with Gasteiger partial charge >= 0.3 is 0 Å². The Morgan fingerprint density at radius 2 is 2.17 bits per heavy atom. The summed E-state index contributed by atoms with van der Waals surface area (Å²) in [6, 6.07) is -0.186. The molecule has 5 heteroatoms. The number of sulfonamides is 1. The largest absolute Gasteiger partial charge is 0.395 e. The van der Waals surface area contributed by atoms with Gasteiger partial charge in [0.05, 0.1) is 12.9 Å². The molecule has 1 fully saturated rings. The lowest BCUT2D eigenvalue weighted by Gasteiger charge is -2.32. The molecule has 0 aromatic carbocycles. The van der Waals surface area contributed by atoms with E-state index in [2.05, 4.69) is 0 Å². The van der Waals surface area contributed by atoms with Crippen molar-refractivity contribution in [1.29, 1.82) is 0 Å². The molecule has 0 amide bonds. The smallest absolute Gasteiger partial charge is 0.211 e. The van der Waals surface area contributed by atoms with Crippen LogP contribution in [0.4, 0.5) is 0 Å². The van der Waals surface area contributed by atoms with Crippen molar-refractivity contribution in [2.45, 2.75) is 25.3 Å². The average Bonchev–Trinajstić information content (AvgIpc) is 2.03. The van der Waals surface area contributed by atoms with Gasteiger partial charge in [-0.2, -0.15) is 4.31 Å². The SMILES string of the molecule is CS(=O)(=O)N1CCCC[C@@H]1CO. The number of aliphatic hydroxyl groups is 1. The molecule has 0 aromatic heterocycles. The molecule has 0 spiro atoms. The summed E-state index contributed by atoms with van der Waals surface area (Å²) in [4.78, 5) is 0. The third kappa shape index (κ3) is 2.18. The van der Waals surface area contributed by atoms with E-state index in [-0.39, 0.29) is 12.6 Å². The fraction of sp³-hybridized carbons (Fsp3) is 1.00. The van der Waals surface area contributed by atoms with E-state index in [0.717, 1.165) is 19.3 Å². The van der Waals surface area contributed by atoms with Crippen LogP contribution >= 0.6 is 0 Å². The number of rotatable bonds is 2. The van der Waals surface area contributed by atoms with Crippen LogP contribution in [-0.2, 0) is 10.0 Å². The maximum absolute atomic E-state index is 11.2. The summed E-state index contributed by atoms with van der Waals surface area (Å²) in [7, 11) is -3.11. The van der Waals surface area contributed by atoms with E-state index in [1.54, 1.807) is 0 Å². The molecule has 0 aliphatic carbocycles. The second-order valence-electron chi connectivity index (χ2n) is 3.21. The van der Waals surface area contributed by atoms with Crippen molar-refractivity contribution in [2.24, 2.45) is 0 Å². The highest BCUT2D eigenvalue weighted by Gasteiger charge is 2.28. The minimum absolute atomic E-state index is 0.0624. The van der Waals surface area contributed by atoms with Crippen molar-refractivity contribution in [1.82, 2.24) is 4.31 Å². The molecule has 0 aromatic rings. The molecule has 4 nitrogen and oxygen atoms in total. The Morgan fingerprint density at radius 3 is 2.58 bits per heavy atom. The maximum atomic E-state index is 11.2. The van der Waals surface area contributed by atoms with Crippen molar-refractivity contribution >= 4 is 10.0 Å². The van der Waals surface area contributed by atoms with E-state index in [1.165, 1.54) is 10.6 Å². The predicted octanol–water partition coefficient (Wildman–Crippen LogP) is -0.207. The summed E-state index contributed by atoms with van der Waals surface area (Å²) < 4.78 is 23.7. The topological polar surface area (TPSA) is 57.6 Å². The summed E-state index contributed by atoms with van der Waals surface area (Å²) in [6.07, 6.45) is 3.89. The highest BCUT2D eigenvalue weighted by Crippen LogP contribution is 2.18. The van der Waals surface area contributed by atoms with Crippen molar-refractivity contribution in [3.8, 4) is 0 Å². The first-order valence-electron chi connectivity index (χ1n) is 4.13. The van der Waals surface area contributed by atoms with E-state index >= 15 is 0 Å². The van der Waals surface area contributed by atoms with Crippen LogP contribution in [0.1, 0.15) is 19.3 Å². The summed E-state index contributed by atoms with van der Waals surface area (Å²) in [5, 5.41) is 8.92. The predicted molar refractivity (Wildman–Crippen MR) is 46.3 cm³/mol. The Labute approximate surface area is 73.2 Å². The molecular weight excluding hydrogens is 178 g/mol. The third-order valence-corrected chi connectivity index (χ3v) is 3.54. The van der Waals surface area contributed by atoms with Gasteiger partial charge < -0.3 is 5.11 Å². The minimum atomic E-state index is -3.11. The van der Waals surface area contributed by atoms with Crippen LogP contribution in [-0.4, -0.2) is 43.3 Å². The summed E-state index contributed by atoms with van der Waals surface area (Å²) >= 11 is 0. The Hall–Kier alpha value is -0.130. The molecule has 1 atom stereocenters. The highest BCUT2D eigenvalue weighted by atomic mass is 32.2. The van der Waals surface area contributed by atoms with Gasteiger partial charge in [0.15, 0.2) is 0 Å². The van der Waals surface area contributed by atoms with Gasteiger partial charge in [-0.3, -0.25) is 0 Å². The van der Waals surface area contributed by atoms with Crippen molar-refractivity contribution < 1.29 is 13.5 Å². The number of aliphatic hydroxyl groups excluding tert-OH is 1. The van der Waals surface area contributed by atoms with Crippen LogP contribution in [0.3, 0.4) is 0 Å². The summed E-state index contributed by atoms with van der Waals surface area (Å²) in [6.45, 7) is 0.497. The average molecular weight is 193 g/mol. The van der Waals surface area contributed by atoms with E-state index in [0.29, 0.717) is 6.54 Å². The van der Waals surface area contributed by atoms with Gasteiger partial charge in [0.25, 0.3) is 0 Å². The molecule has 72 valence electrons. The number of piperidine rings is 1. The minimum Gasteiger partial charge on any atom is -0.395 e. The van der Waals surface area contributed by atoms with Crippen LogP contribution in [0.15, 0.2) is 0 Å². The van der Waals surface area contributed by atoms with Crippen LogP contribution in [0.2, 0.25) is 0 Å². The zero-order valence-electron chi connectivity index (χ0n) is 7.23. The zero-order chi connectivity index (χ0) is 9.19. The molecule has 0 saturated carbocycles. The second kappa shape index (κ2) is 3.72. The van der Waals surface area contributed by atoms with E-state index in [1.807, 2.05) is 0 Å². The monoisotopic (exact) mass is 193 g/mol. The summed E-state index contributed by atoms with van der Waals surface area (Å²) in [5.41, 5.74) is 0. The number of hydrogen-bond donors (Lipinski definition) is 1. The first-order valence-corrected chi connectivity index (χ1v) is 5.98. The molecule has 1 heterocycles. The van der Waals surface area contributed by atoms with Gasteiger partial charge in [-0.15, -0.1) is 0 Å². The molecule has 1 aliphatic rings. The quantitative estimate of drug-likeness (QED) is 0.660. The highest BCUT2D eigenvalue weighted by molar-refractivity contribution is 7.88. The summed E-state index contributed by atoms with van der Waals surface area (Å²) in [5.74, 6) is 0. The van der Waals surface area contributed by atoms with Crippen LogP contribution < -0.4 is 0 Å². The fourth-order valence-corrected chi connectivity index (χ4v) is 2.77. The molecule has 1 saturated heterocycles. The van der Waals surface area contributed by atoms with Crippen LogP contribution in [0.5, 0.6) is 0 Å². The zero-order valence-corrected chi connectivity index (χ0v) is 8.05. The fourth-order valence-electron chi connectivity index (χ4n) is 1.59. The molecule has 0 radical (unpaired) electrons. The van der Waals surface area contributed by atoms with E-state index < -0.39 is 10.0 Å². The first kappa shape index (κ1) is 9.95. The Kier molecular flexibility index (Phi) is 3.09. The molecule has 0 bridgehead atoms. The van der Waals surface area contributed by atoms with Gasteiger partial charge in [-0.05, 0) is 12.8 Å². The Morgan fingerprint density at radius 1 is 1.50 bits per heavy atom. The van der Waals surface area contributed by atoms with E-state index in [4.69, 9.17) is 5.11 Å². The normalized spacial score (nSPS) is 27.3. The standard InChI is InChI=1S/C7H15NO3S/c1-12(10,11)8-5-3-2-4-7(8)6-9/h7,9H,2-6H2,1H3/t7-/m1/s1. The van der Waals surface area contributed by atoms with Crippen LogP contribution in [0, 0.1) is 0 Å². The first-order chi connectivity index (χ1) is 5.55. The molecule has 1 rings (SSSR count). The van der Waals surface area contributed by atoms with Gasteiger partial charge in [0.2, 0.25) is 10.0 Å². The number of nitrogens with zero attached hydrogens (tertiary/aromatic N) is 1. The molecule has 12 heavy (non-hydrogen) atoms. The lowest BCUT2D eigenvalue weighted by Crippen LogP contribution is -2.44.